The minimum absolute atomic E-state index is 0.529. The molecule has 0 amide bonds. The van der Waals surface area contributed by atoms with Crippen molar-refractivity contribution in [3.63, 3.8) is 0 Å². The van der Waals surface area contributed by atoms with Crippen LogP contribution in [0.5, 0.6) is 0 Å². The third kappa shape index (κ3) is 5.45. The van der Waals surface area contributed by atoms with Crippen molar-refractivity contribution in [1.29, 1.82) is 0 Å². The van der Waals surface area contributed by atoms with E-state index in [0.717, 1.165) is 5.75 Å². The molecule has 0 saturated heterocycles. The Balaban J connectivity index is 3.78. The molecule has 1 atom stereocenters. The first-order valence-electron chi connectivity index (χ1n) is 3.73. The molecule has 0 unspecified atom stereocenters. The topological polar surface area (TPSA) is 69.6 Å². The zero-order valence-electron chi connectivity index (χ0n) is 7.28. The lowest BCUT2D eigenvalue weighted by Gasteiger charge is -2.13. The standard InChI is InChI=1S/C6H14BNO3S/c1-7(11)8-5(6(9)10)3-4-12-2/h5,8,11H,3-4H2,1-2H3,(H,9,10)/t5-/m0/s1. The smallest absolute Gasteiger partial charge is 0.374 e. The number of hydrogen-bond acceptors (Lipinski definition) is 4. The first kappa shape index (κ1) is 11.8. The first-order chi connectivity index (χ1) is 5.57. The van der Waals surface area contributed by atoms with E-state index in [0.29, 0.717) is 6.42 Å². The highest BCUT2D eigenvalue weighted by Gasteiger charge is 2.19. The molecule has 0 aromatic rings. The van der Waals surface area contributed by atoms with E-state index in [1.165, 1.54) is 6.82 Å². The summed E-state index contributed by atoms with van der Waals surface area (Å²) in [6.07, 6.45) is 2.45. The van der Waals surface area contributed by atoms with E-state index in [1.54, 1.807) is 11.8 Å². The van der Waals surface area contributed by atoms with E-state index < -0.39 is 19.1 Å². The monoisotopic (exact) mass is 191 g/mol. The second-order valence-electron chi connectivity index (χ2n) is 2.51. The lowest BCUT2D eigenvalue weighted by atomic mass is 9.87. The maximum atomic E-state index is 10.6. The van der Waals surface area contributed by atoms with Crippen molar-refractivity contribution in [1.82, 2.24) is 5.23 Å². The van der Waals surface area contributed by atoms with E-state index in [1.807, 2.05) is 6.26 Å². The minimum Gasteiger partial charge on any atom is -0.480 e. The van der Waals surface area contributed by atoms with Crippen molar-refractivity contribution in [2.75, 3.05) is 12.0 Å². The van der Waals surface area contributed by atoms with Gasteiger partial charge in [-0.1, -0.05) is 0 Å². The molecule has 0 saturated carbocycles. The van der Waals surface area contributed by atoms with Gasteiger partial charge in [-0.3, -0.25) is 4.79 Å². The lowest BCUT2D eigenvalue weighted by Crippen LogP contribution is -2.45. The average molecular weight is 191 g/mol. The van der Waals surface area contributed by atoms with Gasteiger partial charge < -0.3 is 15.4 Å². The Morgan fingerprint density at radius 1 is 1.75 bits per heavy atom. The maximum absolute atomic E-state index is 10.6. The minimum atomic E-state index is -0.912. The van der Waals surface area contributed by atoms with Gasteiger partial charge in [0.2, 0.25) is 0 Å². The number of aliphatic carboxylic acids is 1. The van der Waals surface area contributed by atoms with E-state index in [2.05, 4.69) is 5.23 Å². The fourth-order valence-corrected chi connectivity index (χ4v) is 1.28. The van der Waals surface area contributed by atoms with Crippen molar-refractivity contribution in [2.24, 2.45) is 0 Å². The molecule has 12 heavy (non-hydrogen) atoms. The van der Waals surface area contributed by atoms with E-state index in [9.17, 15) is 4.79 Å². The summed E-state index contributed by atoms with van der Waals surface area (Å²) in [7, 11) is -0.770. The molecule has 0 aliphatic rings. The normalized spacial score (nSPS) is 12.6. The van der Waals surface area contributed by atoms with Crippen LogP contribution < -0.4 is 5.23 Å². The highest BCUT2D eigenvalue weighted by molar-refractivity contribution is 7.98. The quantitative estimate of drug-likeness (QED) is 0.511. The Bertz CT molecular complexity index is 145. The average Bonchev–Trinajstić information content (AvgIpc) is 1.96. The zero-order valence-corrected chi connectivity index (χ0v) is 8.10. The fraction of sp³-hybridized carbons (Fsp3) is 0.833. The van der Waals surface area contributed by atoms with Gasteiger partial charge in [-0.2, -0.15) is 11.8 Å². The Kier molecular flexibility index (Phi) is 6.23. The summed E-state index contributed by atoms with van der Waals surface area (Å²) in [5.74, 6) is -0.138. The van der Waals surface area contributed by atoms with Crippen LogP contribution in [0.25, 0.3) is 0 Å². The number of nitrogens with one attached hydrogen (secondary N) is 1. The van der Waals surface area contributed by atoms with Gasteiger partial charge in [0.25, 0.3) is 0 Å². The summed E-state index contributed by atoms with van der Waals surface area (Å²) in [6.45, 7) is 1.51. The number of carboxylic acid groups (broad SMARTS) is 1. The van der Waals surface area contributed by atoms with Crippen molar-refractivity contribution < 1.29 is 14.9 Å². The molecule has 4 nitrogen and oxygen atoms in total. The largest absolute Gasteiger partial charge is 0.480 e. The number of carboxylic acids is 1. The molecule has 0 heterocycles. The van der Waals surface area contributed by atoms with Crippen LogP contribution in [0.3, 0.4) is 0 Å². The van der Waals surface area contributed by atoms with Gasteiger partial charge in [0.15, 0.2) is 0 Å². The van der Waals surface area contributed by atoms with Crippen LogP contribution >= 0.6 is 11.8 Å². The SMILES string of the molecule is CSCC[C@H](NB(C)O)C(=O)O. The molecule has 0 fully saturated rings. The van der Waals surface area contributed by atoms with Crippen molar-refractivity contribution in [3.8, 4) is 0 Å². The second kappa shape index (κ2) is 6.34. The molecule has 0 aromatic heterocycles. The van der Waals surface area contributed by atoms with Gasteiger partial charge in [-0.25, -0.2) is 0 Å². The summed E-state index contributed by atoms with van der Waals surface area (Å²) in [6, 6.07) is -0.641. The van der Waals surface area contributed by atoms with Gasteiger partial charge in [0.1, 0.15) is 0 Å². The van der Waals surface area contributed by atoms with E-state index >= 15 is 0 Å². The second-order valence-corrected chi connectivity index (χ2v) is 3.50. The molecule has 0 aliphatic heterocycles. The third-order valence-corrected chi connectivity index (χ3v) is 2.00. The van der Waals surface area contributed by atoms with Crippen LogP contribution in [0.15, 0.2) is 0 Å². The molecule has 0 aliphatic carbocycles. The molecule has 0 rings (SSSR count). The summed E-state index contributed by atoms with van der Waals surface area (Å²) in [5, 5.41) is 20.1. The third-order valence-electron chi connectivity index (χ3n) is 1.35. The summed E-state index contributed by atoms with van der Waals surface area (Å²) < 4.78 is 0. The number of hydrogen-bond donors (Lipinski definition) is 3. The van der Waals surface area contributed by atoms with Crippen molar-refractivity contribution in [2.45, 2.75) is 19.3 Å². The van der Waals surface area contributed by atoms with Crippen LogP contribution in [0.4, 0.5) is 0 Å². The highest BCUT2D eigenvalue weighted by Crippen LogP contribution is 2.00. The van der Waals surface area contributed by atoms with Gasteiger partial charge in [-0.15, -0.1) is 0 Å². The Morgan fingerprint density at radius 2 is 2.33 bits per heavy atom. The lowest BCUT2D eigenvalue weighted by molar-refractivity contribution is -0.139. The van der Waals surface area contributed by atoms with Crippen LogP contribution in [-0.2, 0) is 4.79 Å². The van der Waals surface area contributed by atoms with Gasteiger partial charge in [-0.05, 0) is 25.3 Å². The fourth-order valence-electron chi connectivity index (χ4n) is 0.805. The van der Waals surface area contributed by atoms with Crippen LogP contribution in [0, 0.1) is 0 Å². The zero-order chi connectivity index (χ0) is 9.56. The number of thioether (sulfide) groups is 1. The highest BCUT2D eigenvalue weighted by atomic mass is 32.2. The maximum Gasteiger partial charge on any atom is 0.374 e. The van der Waals surface area contributed by atoms with Crippen molar-refractivity contribution in [3.05, 3.63) is 0 Å². The molecule has 0 spiro atoms. The predicted octanol–water partition coefficient (Wildman–Crippen LogP) is -0.107. The molecule has 70 valence electrons. The van der Waals surface area contributed by atoms with E-state index in [-0.39, 0.29) is 0 Å². The Labute approximate surface area is 76.9 Å². The molecule has 0 aromatic carbocycles. The molecule has 3 N–H and O–H groups in total. The van der Waals surface area contributed by atoms with E-state index in [4.69, 9.17) is 10.1 Å². The molecular weight excluding hydrogens is 177 g/mol. The van der Waals surface area contributed by atoms with Crippen molar-refractivity contribution >= 4 is 24.8 Å². The summed E-state index contributed by atoms with van der Waals surface area (Å²) in [5.41, 5.74) is 0. The Morgan fingerprint density at radius 3 is 2.67 bits per heavy atom. The molecule has 0 radical (unpaired) electrons. The van der Waals surface area contributed by atoms with Gasteiger partial charge in [0, 0.05) is 0 Å². The predicted molar refractivity (Wildman–Crippen MR) is 51.4 cm³/mol. The van der Waals surface area contributed by atoms with Crippen LogP contribution in [-0.4, -0.2) is 41.2 Å². The molecule has 6 heteroatoms. The number of carbonyl (C=O) groups is 1. The Hall–Kier alpha value is -0.195. The van der Waals surface area contributed by atoms with Crippen LogP contribution in [0.1, 0.15) is 6.42 Å². The summed E-state index contributed by atoms with van der Waals surface area (Å²) >= 11 is 1.59. The molecule has 0 bridgehead atoms. The first-order valence-corrected chi connectivity index (χ1v) is 5.13. The van der Waals surface area contributed by atoms with Gasteiger partial charge in [0.05, 0.1) is 6.04 Å². The molecular formula is C6H14BNO3S. The van der Waals surface area contributed by atoms with Crippen LogP contribution in [0.2, 0.25) is 6.82 Å². The van der Waals surface area contributed by atoms with Gasteiger partial charge >= 0.3 is 13.0 Å². The summed E-state index contributed by atoms with van der Waals surface area (Å²) in [4.78, 5) is 10.6. The number of rotatable bonds is 6.